The van der Waals surface area contributed by atoms with Gasteiger partial charge in [-0.1, -0.05) is 25.7 Å². The molecular formula is C15H32N2O3Si. The van der Waals surface area contributed by atoms with Gasteiger partial charge in [0, 0.05) is 40.4 Å². The van der Waals surface area contributed by atoms with Gasteiger partial charge in [-0.05, 0) is 31.6 Å². The van der Waals surface area contributed by atoms with Crippen LogP contribution < -0.4 is 5.73 Å². The molecular weight excluding hydrogens is 284 g/mol. The highest BCUT2D eigenvalue weighted by Crippen LogP contribution is 2.29. The Balaban J connectivity index is 2.68. The minimum Gasteiger partial charge on any atom is -0.465 e. The minimum atomic E-state index is -1.18. The average Bonchev–Trinajstić information content (AvgIpc) is 2.36. The van der Waals surface area contributed by atoms with Crippen molar-refractivity contribution in [2.24, 2.45) is 11.7 Å². The largest absolute Gasteiger partial charge is 0.465 e. The van der Waals surface area contributed by atoms with Crippen molar-refractivity contribution in [2.75, 3.05) is 26.8 Å². The molecule has 0 aromatic carbocycles. The standard InChI is InChI=1S/C15H32N2O3Si/c1-17(14(18)19)12-15(16,7-10-21(2,3)4)11-13-5-8-20-9-6-13/h13H,5-12,16H2,1-4H3,(H,18,19)/t15-/m0/s1. The summed E-state index contributed by atoms with van der Waals surface area (Å²) in [6.07, 6.45) is 3.01. The van der Waals surface area contributed by atoms with Crippen LogP contribution in [0.2, 0.25) is 25.7 Å². The van der Waals surface area contributed by atoms with Crippen molar-refractivity contribution >= 4 is 14.2 Å². The fourth-order valence-corrected chi connectivity index (χ4v) is 4.18. The third kappa shape index (κ3) is 7.29. The van der Waals surface area contributed by atoms with Crippen molar-refractivity contribution in [1.82, 2.24) is 4.90 Å². The fourth-order valence-electron chi connectivity index (χ4n) is 2.94. The third-order valence-corrected chi connectivity index (χ3v) is 6.04. The second-order valence-electron chi connectivity index (χ2n) is 7.82. The molecule has 1 aliphatic rings. The lowest BCUT2D eigenvalue weighted by Crippen LogP contribution is -2.52. The van der Waals surface area contributed by atoms with Gasteiger partial charge in [-0.2, -0.15) is 0 Å². The molecule has 0 radical (unpaired) electrons. The van der Waals surface area contributed by atoms with Crippen molar-refractivity contribution in [3.63, 3.8) is 0 Å². The summed E-state index contributed by atoms with van der Waals surface area (Å²) >= 11 is 0. The van der Waals surface area contributed by atoms with E-state index in [0.29, 0.717) is 12.5 Å². The number of amides is 1. The molecule has 0 spiro atoms. The van der Waals surface area contributed by atoms with Gasteiger partial charge in [0.2, 0.25) is 0 Å². The lowest BCUT2D eigenvalue weighted by atomic mass is 9.82. The number of likely N-dealkylation sites (N-methyl/N-ethyl adjacent to an activating group) is 1. The van der Waals surface area contributed by atoms with Crippen LogP contribution >= 0.6 is 0 Å². The Hall–Kier alpha value is -0.593. The molecule has 0 aromatic heterocycles. The Labute approximate surface area is 129 Å². The van der Waals surface area contributed by atoms with Gasteiger partial charge in [0.1, 0.15) is 0 Å². The third-order valence-electron chi connectivity index (χ3n) is 4.29. The van der Waals surface area contributed by atoms with Crippen molar-refractivity contribution in [3.05, 3.63) is 0 Å². The highest BCUT2D eigenvalue weighted by atomic mass is 28.3. The van der Waals surface area contributed by atoms with E-state index in [1.165, 1.54) is 4.90 Å². The van der Waals surface area contributed by atoms with E-state index in [1.807, 2.05) is 0 Å². The Morgan fingerprint density at radius 1 is 1.38 bits per heavy atom. The average molecular weight is 317 g/mol. The first-order valence-corrected chi connectivity index (χ1v) is 11.6. The summed E-state index contributed by atoms with van der Waals surface area (Å²) in [5.41, 5.74) is 6.24. The fraction of sp³-hybridized carbons (Fsp3) is 0.933. The predicted octanol–water partition coefficient (Wildman–Crippen LogP) is 2.84. The minimum absolute atomic E-state index is 0.407. The first-order valence-electron chi connectivity index (χ1n) is 7.92. The van der Waals surface area contributed by atoms with Crippen LogP contribution in [0.25, 0.3) is 0 Å². The second-order valence-corrected chi connectivity index (χ2v) is 13.4. The molecule has 5 nitrogen and oxygen atoms in total. The first-order chi connectivity index (χ1) is 9.61. The molecule has 1 saturated heterocycles. The highest BCUT2D eigenvalue weighted by Gasteiger charge is 2.33. The molecule has 1 amide bonds. The van der Waals surface area contributed by atoms with Crippen LogP contribution in [-0.2, 0) is 4.74 Å². The van der Waals surface area contributed by atoms with Gasteiger partial charge in [-0.15, -0.1) is 0 Å². The summed E-state index contributed by atoms with van der Waals surface area (Å²) < 4.78 is 5.41. The van der Waals surface area contributed by atoms with Gasteiger partial charge < -0.3 is 20.5 Å². The molecule has 6 heteroatoms. The first kappa shape index (κ1) is 18.5. The molecule has 0 saturated carbocycles. The van der Waals surface area contributed by atoms with Crippen molar-refractivity contribution in [2.45, 2.75) is 56.9 Å². The summed E-state index contributed by atoms with van der Waals surface area (Å²) in [7, 11) is 0.432. The zero-order valence-electron chi connectivity index (χ0n) is 14.0. The van der Waals surface area contributed by atoms with Crippen molar-refractivity contribution in [1.29, 1.82) is 0 Å². The number of rotatable bonds is 7. The summed E-state index contributed by atoms with van der Waals surface area (Å²) in [5, 5.41) is 9.14. The van der Waals surface area contributed by atoms with Crippen LogP contribution in [-0.4, -0.2) is 56.5 Å². The smallest absolute Gasteiger partial charge is 0.407 e. The summed E-state index contributed by atoms with van der Waals surface area (Å²) in [6, 6.07) is 1.14. The van der Waals surface area contributed by atoms with E-state index in [-0.39, 0.29) is 0 Å². The summed E-state index contributed by atoms with van der Waals surface area (Å²) in [4.78, 5) is 12.5. The number of carboxylic acid groups (broad SMARTS) is 1. The second kappa shape index (κ2) is 7.60. The van der Waals surface area contributed by atoms with E-state index in [1.54, 1.807) is 7.05 Å². The van der Waals surface area contributed by atoms with E-state index in [2.05, 4.69) is 19.6 Å². The van der Waals surface area contributed by atoms with E-state index >= 15 is 0 Å². The van der Waals surface area contributed by atoms with Crippen LogP contribution in [0.15, 0.2) is 0 Å². The molecule has 124 valence electrons. The molecule has 1 aliphatic heterocycles. The Kier molecular flexibility index (Phi) is 6.68. The maximum Gasteiger partial charge on any atom is 0.407 e. The SMILES string of the molecule is CN(C[C@](N)(CC[Si](C)(C)C)CC1CCOCC1)C(=O)O. The Bertz CT molecular complexity index is 340. The van der Waals surface area contributed by atoms with Gasteiger partial charge in [-0.25, -0.2) is 4.79 Å². The van der Waals surface area contributed by atoms with E-state index in [0.717, 1.165) is 44.9 Å². The molecule has 1 rings (SSSR count). The van der Waals surface area contributed by atoms with Crippen molar-refractivity contribution < 1.29 is 14.6 Å². The van der Waals surface area contributed by atoms with Gasteiger partial charge in [0.25, 0.3) is 0 Å². The van der Waals surface area contributed by atoms with Crippen molar-refractivity contribution in [3.8, 4) is 0 Å². The Morgan fingerprint density at radius 2 is 1.95 bits per heavy atom. The number of carbonyl (C=O) groups is 1. The van der Waals surface area contributed by atoms with Crippen LogP contribution in [0.5, 0.6) is 0 Å². The number of nitrogens with two attached hydrogens (primary N) is 1. The predicted molar refractivity (Wildman–Crippen MR) is 88.5 cm³/mol. The number of nitrogens with zero attached hydrogens (tertiary/aromatic N) is 1. The number of ether oxygens (including phenoxy) is 1. The van der Waals surface area contributed by atoms with Gasteiger partial charge in [-0.3, -0.25) is 0 Å². The topological polar surface area (TPSA) is 75.8 Å². The number of hydrogen-bond donors (Lipinski definition) is 2. The molecule has 21 heavy (non-hydrogen) atoms. The molecule has 1 atom stereocenters. The van der Waals surface area contributed by atoms with Crippen LogP contribution in [0.1, 0.15) is 25.7 Å². The molecule has 3 N–H and O–H groups in total. The number of hydrogen-bond acceptors (Lipinski definition) is 3. The van der Waals surface area contributed by atoms with Gasteiger partial charge >= 0.3 is 6.09 Å². The maximum absolute atomic E-state index is 11.1. The monoisotopic (exact) mass is 316 g/mol. The van der Waals surface area contributed by atoms with Gasteiger partial charge in [0.05, 0.1) is 0 Å². The zero-order chi connectivity index (χ0) is 16.1. The molecule has 0 unspecified atom stereocenters. The molecule has 1 fully saturated rings. The zero-order valence-corrected chi connectivity index (χ0v) is 15.0. The van der Waals surface area contributed by atoms with E-state index in [9.17, 15) is 4.79 Å². The van der Waals surface area contributed by atoms with E-state index in [4.69, 9.17) is 15.6 Å². The maximum atomic E-state index is 11.1. The summed E-state index contributed by atoms with van der Waals surface area (Å²) in [6.45, 7) is 9.05. The summed E-state index contributed by atoms with van der Waals surface area (Å²) in [5.74, 6) is 0.563. The normalized spacial score (nSPS) is 20.0. The molecule has 0 bridgehead atoms. The molecule has 0 aromatic rings. The molecule has 0 aliphatic carbocycles. The van der Waals surface area contributed by atoms with E-state index < -0.39 is 19.7 Å². The Morgan fingerprint density at radius 3 is 2.43 bits per heavy atom. The van der Waals surface area contributed by atoms with Crippen LogP contribution in [0.4, 0.5) is 4.79 Å². The highest BCUT2D eigenvalue weighted by molar-refractivity contribution is 6.76. The van der Waals surface area contributed by atoms with Gasteiger partial charge in [0.15, 0.2) is 0 Å². The van der Waals surface area contributed by atoms with Crippen LogP contribution in [0, 0.1) is 5.92 Å². The quantitative estimate of drug-likeness (QED) is 0.708. The molecule has 1 heterocycles. The van der Waals surface area contributed by atoms with Crippen LogP contribution in [0.3, 0.4) is 0 Å². The lowest BCUT2D eigenvalue weighted by Gasteiger charge is -2.38. The lowest BCUT2D eigenvalue weighted by molar-refractivity contribution is 0.0524.